The number of aldehydes is 1. The first-order chi connectivity index (χ1) is 10.9. The van der Waals surface area contributed by atoms with Gasteiger partial charge >= 0.3 is 6.09 Å². The minimum atomic E-state index is -0.463. The molecule has 7 nitrogen and oxygen atoms in total. The van der Waals surface area contributed by atoms with Crippen molar-refractivity contribution in [2.24, 2.45) is 11.8 Å². The third-order valence-corrected chi connectivity index (χ3v) is 4.22. The first-order valence-electron chi connectivity index (χ1n) is 7.86. The van der Waals surface area contributed by atoms with Gasteiger partial charge in [0.25, 0.3) is 0 Å². The molecule has 3 heterocycles. The van der Waals surface area contributed by atoms with E-state index in [4.69, 9.17) is 4.74 Å². The Labute approximate surface area is 135 Å². The normalized spacial score (nSPS) is 23.8. The van der Waals surface area contributed by atoms with Crippen molar-refractivity contribution in [1.82, 2.24) is 14.9 Å². The highest BCUT2D eigenvalue weighted by Crippen LogP contribution is 2.33. The van der Waals surface area contributed by atoms with Crippen LogP contribution < -0.4 is 4.90 Å². The molecule has 2 fully saturated rings. The van der Waals surface area contributed by atoms with Crippen LogP contribution in [0, 0.1) is 11.8 Å². The van der Waals surface area contributed by atoms with E-state index in [9.17, 15) is 9.59 Å². The zero-order valence-corrected chi connectivity index (χ0v) is 13.7. The highest BCUT2D eigenvalue weighted by Gasteiger charge is 2.43. The number of hydrogen-bond acceptors (Lipinski definition) is 6. The van der Waals surface area contributed by atoms with Gasteiger partial charge in [0.15, 0.2) is 6.29 Å². The van der Waals surface area contributed by atoms with Crippen LogP contribution in [-0.2, 0) is 4.74 Å². The fourth-order valence-electron chi connectivity index (χ4n) is 3.19. The topological polar surface area (TPSA) is 75.6 Å². The lowest BCUT2D eigenvalue weighted by molar-refractivity contribution is 0.0282. The number of ether oxygens (including phenoxy) is 1. The van der Waals surface area contributed by atoms with E-state index in [0.29, 0.717) is 36.4 Å². The summed E-state index contributed by atoms with van der Waals surface area (Å²) in [5.74, 6) is 1.47. The van der Waals surface area contributed by atoms with E-state index in [1.807, 2.05) is 20.8 Å². The van der Waals surface area contributed by atoms with Crippen molar-refractivity contribution in [2.45, 2.75) is 26.4 Å². The lowest BCUT2D eigenvalue weighted by Gasteiger charge is -2.26. The monoisotopic (exact) mass is 318 g/mol. The van der Waals surface area contributed by atoms with Crippen molar-refractivity contribution >= 4 is 18.3 Å². The van der Waals surface area contributed by atoms with E-state index in [0.717, 1.165) is 19.4 Å². The number of nitrogens with zero attached hydrogens (tertiary/aromatic N) is 4. The van der Waals surface area contributed by atoms with Crippen LogP contribution in [0.1, 0.15) is 31.1 Å². The van der Waals surface area contributed by atoms with E-state index in [-0.39, 0.29) is 6.09 Å². The summed E-state index contributed by atoms with van der Waals surface area (Å²) in [6, 6.07) is 0. The number of hydrogen-bond donors (Lipinski definition) is 0. The van der Waals surface area contributed by atoms with Crippen LogP contribution in [-0.4, -0.2) is 59.0 Å². The van der Waals surface area contributed by atoms with Gasteiger partial charge in [0.05, 0.1) is 5.56 Å². The van der Waals surface area contributed by atoms with Crippen molar-refractivity contribution in [1.29, 1.82) is 0 Å². The molecule has 0 bridgehead atoms. The lowest BCUT2D eigenvalue weighted by atomic mass is 10.0. The maximum absolute atomic E-state index is 12.1. The average molecular weight is 318 g/mol. The van der Waals surface area contributed by atoms with Crippen molar-refractivity contribution in [3.05, 3.63) is 18.0 Å². The summed E-state index contributed by atoms with van der Waals surface area (Å²) >= 11 is 0. The Balaban J connectivity index is 1.58. The first-order valence-corrected chi connectivity index (χ1v) is 7.86. The number of carbonyl (C=O) groups is 2. The quantitative estimate of drug-likeness (QED) is 0.771. The van der Waals surface area contributed by atoms with E-state index < -0.39 is 5.60 Å². The Hall–Kier alpha value is -2.18. The third-order valence-electron chi connectivity index (χ3n) is 4.22. The molecule has 7 heteroatoms. The molecule has 3 rings (SSSR count). The van der Waals surface area contributed by atoms with Crippen LogP contribution in [0.5, 0.6) is 0 Å². The van der Waals surface area contributed by atoms with Crippen LogP contribution in [0.2, 0.25) is 0 Å². The number of likely N-dealkylation sites (tertiary alicyclic amines) is 1. The molecule has 2 aliphatic rings. The van der Waals surface area contributed by atoms with Crippen molar-refractivity contribution in [3.63, 3.8) is 0 Å². The highest BCUT2D eigenvalue weighted by atomic mass is 16.6. The molecule has 0 aliphatic carbocycles. The van der Waals surface area contributed by atoms with Crippen molar-refractivity contribution in [3.8, 4) is 0 Å². The molecular weight excluding hydrogens is 296 g/mol. The van der Waals surface area contributed by atoms with E-state index >= 15 is 0 Å². The van der Waals surface area contributed by atoms with Gasteiger partial charge in [-0.25, -0.2) is 14.8 Å². The summed E-state index contributed by atoms with van der Waals surface area (Å²) < 4.78 is 5.44. The minimum absolute atomic E-state index is 0.231. The molecule has 2 atom stereocenters. The lowest BCUT2D eigenvalue weighted by Crippen LogP contribution is -2.37. The van der Waals surface area contributed by atoms with Crippen LogP contribution in [0.25, 0.3) is 0 Å². The molecule has 0 aromatic carbocycles. The molecule has 1 aromatic rings. The molecule has 124 valence electrons. The number of amides is 1. The maximum atomic E-state index is 12.1. The highest BCUT2D eigenvalue weighted by molar-refractivity contribution is 5.73. The number of carbonyl (C=O) groups excluding carboxylic acids is 2. The molecule has 0 spiro atoms. The van der Waals surface area contributed by atoms with Gasteiger partial charge in [-0.05, 0) is 20.8 Å². The van der Waals surface area contributed by atoms with Gasteiger partial charge in [0.1, 0.15) is 5.60 Å². The smallest absolute Gasteiger partial charge is 0.410 e. The largest absolute Gasteiger partial charge is 0.444 e. The van der Waals surface area contributed by atoms with Gasteiger partial charge < -0.3 is 14.5 Å². The minimum Gasteiger partial charge on any atom is -0.444 e. The Morgan fingerprint density at radius 1 is 1.17 bits per heavy atom. The van der Waals surface area contributed by atoms with Crippen molar-refractivity contribution in [2.75, 3.05) is 31.1 Å². The van der Waals surface area contributed by atoms with E-state index in [2.05, 4.69) is 14.9 Å². The molecule has 1 amide bonds. The Morgan fingerprint density at radius 2 is 1.74 bits per heavy atom. The maximum Gasteiger partial charge on any atom is 0.410 e. The predicted molar refractivity (Wildman–Crippen MR) is 84.4 cm³/mol. The SMILES string of the molecule is CC(C)(C)OC(=O)N1CC2CN(c3ncc(C=O)cn3)CC2C1. The fraction of sp³-hybridized carbons (Fsp3) is 0.625. The second-order valence-electron chi connectivity index (χ2n) is 7.24. The molecule has 0 N–H and O–H groups in total. The van der Waals surface area contributed by atoms with Gasteiger partial charge in [-0.3, -0.25) is 4.79 Å². The summed E-state index contributed by atoms with van der Waals surface area (Å²) in [7, 11) is 0. The second-order valence-corrected chi connectivity index (χ2v) is 7.24. The van der Waals surface area contributed by atoms with Gasteiger partial charge in [0, 0.05) is 50.4 Å². The van der Waals surface area contributed by atoms with Crippen LogP contribution >= 0.6 is 0 Å². The molecule has 2 saturated heterocycles. The first kappa shape index (κ1) is 15.7. The fourth-order valence-corrected chi connectivity index (χ4v) is 3.19. The number of aromatic nitrogens is 2. The molecule has 2 aliphatic heterocycles. The van der Waals surface area contributed by atoms with Gasteiger partial charge in [-0.15, -0.1) is 0 Å². The Kier molecular flexibility index (Phi) is 3.95. The zero-order chi connectivity index (χ0) is 16.6. The number of anilines is 1. The summed E-state index contributed by atoms with van der Waals surface area (Å²) in [6.45, 7) is 8.71. The van der Waals surface area contributed by atoms with Gasteiger partial charge in [-0.1, -0.05) is 0 Å². The number of rotatable bonds is 2. The Morgan fingerprint density at radius 3 is 2.22 bits per heavy atom. The van der Waals surface area contributed by atoms with Crippen LogP contribution in [0.4, 0.5) is 10.7 Å². The van der Waals surface area contributed by atoms with Crippen LogP contribution in [0.3, 0.4) is 0 Å². The van der Waals surface area contributed by atoms with E-state index in [1.54, 1.807) is 4.90 Å². The zero-order valence-electron chi connectivity index (χ0n) is 13.7. The summed E-state index contributed by atoms with van der Waals surface area (Å²) in [5, 5.41) is 0. The molecular formula is C16H22N4O3. The molecule has 23 heavy (non-hydrogen) atoms. The van der Waals surface area contributed by atoms with Gasteiger partial charge in [-0.2, -0.15) is 0 Å². The van der Waals surface area contributed by atoms with Crippen molar-refractivity contribution < 1.29 is 14.3 Å². The standard InChI is InChI=1S/C16H22N4O3/c1-16(2,3)23-15(22)20-8-12-6-19(7-13(12)9-20)14-17-4-11(10-21)5-18-14/h4-5,10,12-13H,6-9H2,1-3H3. The second kappa shape index (κ2) is 5.79. The predicted octanol–water partition coefficient (Wildman–Crippen LogP) is 1.59. The summed E-state index contributed by atoms with van der Waals surface area (Å²) in [5.41, 5.74) is 0.0128. The third kappa shape index (κ3) is 3.43. The van der Waals surface area contributed by atoms with E-state index in [1.165, 1.54) is 12.4 Å². The average Bonchev–Trinajstić information content (AvgIpc) is 3.04. The summed E-state index contributed by atoms with van der Waals surface area (Å²) in [4.78, 5) is 35.2. The Bertz CT molecular complexity index is 582. The molecule has 0 saturated carbocycles. The molecule has 0 radical (unpaired) electrons. The molecule has 2 unspecified atom stereocenters. The summed E-state index contributed by atoms with van der Waals surface area (Å²) in [6.07, 6.45) is 3.58. The van der Waals surface area contributed by atoms with Gasteiger partial charge in [0.2, 0.25) is 5.95 Å². The molecule has 1 aromatic heterocycles. The van der Waals surface area contributed by atoms with Crippen LogP contribution in [0.15, 0.2) is 12.4 Å². The number of fused-ring (bicyclic) bond motifs is 1.